The molecule has 1 aliphatic rings. The van der Waals surface area contributed by atoms with Gasteiger partial charge in [0.25, 0.3) is 11.8 Å². The molecule has 0 bridgehead atoms. The van der Waals surface area contributed by atoms with Crippen LogP contribution in [0.5, 0.6) is 0 Å². The van der Waals surface area contributed by atoms with Crippen LogP contribution < -0.4 is 4.90 Å². The van der Waals surface area contributed by atoms with Crippen LogP contribution in [0, 0.1) is 0 Å². The molecule has 3 aromatic rings. The molecule has 3 amide bonds. The number of carbonyl (C=O) groups is 3. The summed E-state index contributed by atoms with van der Waals surface area (Å²) in [5.41, 5.74) is 1.44. The lowest BCUT2D eigenvalue weighted by molar-refractivity contribution is -0.118. The van der Waals surface area contributed by atoms with E-state index in [2.05, 4.69) is 11.6 Å². The molecule has 4 rings (SSSR count). The molecule has 0 radical (unpaired) electrons. The summed E-state index contributed by atoms with van der Waals surface area (Å²) in [5.74, 6) is -1.29. The van der Waals surface area contributed by atoms with Crippen LogP contribution in [-0.4, -0.2) is 40.7 Å². The van der Waals surface area contributed by atoms with Gasteiger partial charge in [0.05, 0.1) is 21.3 Å². The van der Waals surface area contributed by atoms with Gasteiger partial charge in [-0.05, 0) is 24.3 Å². The Bertz CT molecular complexity index is 1020. The van der Waals surface area contributed by atoms with Crippen molar-refractivity contribution in [3.05, 3.63) is 72.3 Å². The minimum atomic E-state index is -0.452. The molecule has 0 N–H and O–H groups in total. The van der Waals surface area contributed by atoms with Crippen molar-refractivity contribution in [2.45, 2.75) is 0 Å². The van der Waals surface area contributed by atoms with Crippen LogP contribution in [0.3, 0.4) is 0 Å². The number of amides is 3. The second kappa shape index (κ2) is 6.77. The smallest absolute Gasteiger partial charge is 0.262 e. The number of anilines is 1. The number of rotatable bonds is 5. The Balaban J connectivity index is 1.61. The van der Waals surface area contributed by atoms with Gasteiger partial charge in [-0.2, -0.15) is 0 Å². The fourth-order valence-electron chi connectivity index (χ4n) is 2.99. The highest BCUT2D eigenvalue weighted by Gasteiger charge is 2.37. The summed E-state index contributed by atoms with van der Waals surface area (Å²) >= 11 is 1.38. The molecule has 0 saturated carbocycles. The molecule has 6 nitrogen and oxygen atoms in total. The minimum Gasteiger partial charge on any atom is -0.283 e. The average molecular weight is 377 g/mol. The number of thiazole rings is 1. The van der Waals surface area contributed by atoms with Crippen LogP contribution >= 0.6 is 11.3 Å². The highest BCUT2D eigenvalue weighted by molar-refractivity contribution is 7.22. The minimum absolute atomic E-state index is 0.238. The van der Waals surface area contributed by atoms with E-state index in [-0.39, 0.29) is 19.0 Å². The summed E-state index contributed by atoms with van der Waals surface area (Å²) < 4.78 is 0.954. The lowest BCUT2D eigenvalue weighted by atomic mass is 10.1. The van der Waals surface area contributed by atoms with Crippen LogP contribution in [0.4, 0.5) is 5.13 Å². The van der Waals surface area contributed by atoms with Gasteiger partial charge < -0.3 is 0 Å². The fourth-order valence-corrected chi connectivity index (χ4v) is 3.99. The standard InChI is InChI=1S/C20H15N3O3S/c1-2-11-22(20-21-15-9-5-6-10-16(15)27-20)17(24)12-23-18(25)13-7-3-4-8-14(13)19(23)26/h2-10H,1,11-12H2. The Labute approximate surface area is 159 Å². The zero-order valence-corrected chi connectivity index (χ0v) is 15.1. The number of aromatic nitrogens is 1. The number of para-hydroxylation sites is 1. The Morgan fingerprint density at radius 2 is 1.70 bits per heavy atom. The molecular formula is C20H15N3O3S. The lowest BCUT2D eigenvalue weighted by Crippen LogP contribution is -2.43. The van der Waals surface area contributed by atoms with Crippen LogP contribution in [-0.2, 0) is 4.79 Å². The number of hydrogen-bond donors (Lipinski definition) is 0. The van der Waals surface area contributed by atoms with Crippen LogP contribution in [0.25, 0.3) is 10.2 Å². The molecule has 27 heavy (non-hydrogen) atoms. The van der Waals surface area contributed by atoms with Gasteiger partial charge in [-0.1, -0.05) is 41.7 Å². The number of carbonyl (C=O) groups excluding carboxylic acids is 3. The van der Waals surface area contributed by atoms with E-state index in [0.717, 1.165) is 15.1 Å². The number of hydrogen-bond acceptors (Lipinski definition) is 5. The molecule has 2 heterocycles. The first-order valence-electron chi connectivity index (χ1n) is 8.32. The summed E-state index contributed by atoms with van der Waals surface area (Å²) in [7, 11) is 0. The van der Waals surface area contributed by atoms with E-state index < -0.39 is 11.8 Å². The number of fused-ring (bicyclic) bond motifs is 2. The Kier molecular flexibility index (Phi) is 4.29. The van der Waals surface area contributed by atoms with Gasteiger partial charge in [-0.3, -0.25) is 24.2 Å². The van der Waals surface area contributed by atoms with Crippen molar-refractivity contribution in [1.29, 1.82) is 0 Å². The summed E-state index contributed by atoms with van der Waals surface area (Å²) in [5, 5.41) is 0.512. The summed E-state index contributed by atoms with van der Waals surface area (Å²) in [6.07, 6.45) is 1.59. The average Bonchev–Trinajstić information content (AvgIpc) is 3.21. The number of nitrogens with zero attached hydrogens (tertiary/aromatic N) is 3. The van der Waals surface area contributed by atoms with E-state index in [1.165, 1.54) is 16.2 Å². The van der Waals surface area contributed by atoms with E-state index in [4.69, 9.17) is 0 Å². The normalized spacial score (nSPS) is 13.1. The Hall–Kier alpha value is -3.32. The predicted octanol–water partition coefficient (Wildman–Crippen LogP) is 3.11. The number of benzene rings is 2. The van der Waals surface area contributed by atoms with Crippen molar-refractivity contribution >= 4 is 44.4 Å². The van der Waals surface area contributed by atoms with Crippen molar-refractivity contribution in [1.82, 2.24) is 9.88 Å². The molecule has 1 aliphatic heterocycles. The van der Waals surface area contributed by atoms with E-state index in [9.17, 15) is 14.4 Å². The van der Waals surface area contributed by atoms with Crippen molar-refractivity contribution in [3.63, 3.8) is 0 Å². The fraction of sp³-hybridized carbons (Fsp3) is 0.100. The monoisotopic (exact) mass is 377 g/mol. The molecule has 0 unspecified atom stereocenters. The molecule has 2 aromatic carbocycles. The SMILES string of the molecule is C=CCN(C(=O)CN1C(=O)c2ccccc2C1=O)c1nc2ccccc2s1. The molecule has 0 spiro atoms. The van der Waals surface area contributed by atoms with E-state index in [1.54, 1.807) is 30.3 Å². The maximum absolute atomic E-state index is 12.9. The Morgan fingerprint density at radius 1 is 1.07 bits per heavy atom. The molecule has 134 valence electrons. The summed E-state index contributed by atoms with van der Waals surface area (Å²) in [6.45, 7) is 3.59. The molecule has 7 heteroatoms. The third-order valence-corrected chi connectivity index (χ3v) is 5.36. The first-order valence-corrected chi connectivity index (χ1v) is 9.14. The van der Waals surface area contributed by atoms with Gasteiger partial charge in [0.2, 0.25) is 5.91 Å². The molecule has 0 saturated heterocycles. The first-order chi connectivity index (χ1) is 13.1. The molecule has 0 atom stereocenters. The lowest BCUT2D eigenvalue weighted by Gasteiger charge is -2.21. The van der Waals surface area contributed by atoms with Crippen molar-refractivity contribution in [3.8, 4) is 0 Å². The van der Waals surface area contributed by atoms with Gasteiger partial charge in [-0.25, -0.2) is 4.98 Å². The van der Waals surface area contributed by atoms with Crippen LogP contribution in [0.2, 0.25) is 0 Å². The maximum atomic E-state index is 12.9. The molecular weight excluding hydrogens is 362 g/mol. The molecule has 0 aliphatic carbocycles. The van der Waals surface area contributed by atoms with Gasteiger partial charge >= 0.3 is 0 Å². The third kappa shape index (κ3) is 2.92. The molecule has 0 fully saturated rings. The second-order valence-electron chi connectivity index (χ2n) is 6.00. The zero-order chi connectivity index (χ0) is 19.0. The van der Waals surface area contributed by atoms with E-state index >= 15 is 0 Å². The summed E-state index contributed by atoms with van der Waals surface area (Å²) in [6, 6.07) is 14.2. The largest absolute Gasteiger partial charge is 0.283 e. The summed E-state index contributed by atoms with van der Waals surface area (Å²) in [4.78, 5) is 44.8. The van der Waals surface area contributed by atoms with Crippen molar-refractivity contribution in [2.75, 3.05) is 18.0 Å². The third-order valence-electron chi connectivity index (χ3n) is 4.30. The van der Waals surface area contributed by atoms with E-state index in [0.29, 0.717) is 16.3 Å². The van der Waals surface area contributed by atoms with Crippen molar-refractivity contribution in [2.24, 2.45) is 0 Å². The van der Waals surface area contributed by atoms with Crippen molar-refractivity contribution < 1.29 is 14.4 Å². The highest BCUT2D eigenvalue weighted by atomic mass is 32.1. The van der Waals surface area contributed by atoms with E-state index in [1.807, 2.05) is 24.3 Å². The first kappa shape index (κ1) is 17.1. The van der Waals surface area contributed by atoms with Gasteiger partial charge in [0, 0.05) is 6.54 Å². The predicted molar refractivity (Wildman–Crippen MR) is 104 cm³/mol. The quantitative estimate of drug-likeness (QED) is 0.506. The zero-order valence-electron chi connectivity index (χ0n) is 14.3. The second-order valence-corrected chi connectivity index (χ2v) is 7.01. The van der Waals surface area contributed by atoms with Gasteiger partial charge in [0.15, 0.2) is 5.13 Å². The molecule has 1 aromatic heterocycles. The van der Waals surface area contributed by atoms with Crippen LogP contribution in [0.15, 0.2) is 61.2 Å². The number of imide groups is 1. The van der Waals surface area contributed by atoms with Gasteiger partial charge in [0.1, 0.15) is 6.54 Å². The van der Waals surface area contributed by atoms with Gasteiger partial charge in [-0.15, -0.1) is 6.58 Å². The van der Waals surface area contributed by atoms with Crippen LogP contribution in [0.1, 0.15) is 20.7 Å². The Morgan fingerprint density at radius 3 is 2.33 bits per heavy atom. The topological polar surface area (TPSA) is 70.6 Å². The maximum Gasteiger partial charge on any atom is 0.262 e. The highest BCUT2D eigenvalue weighted by Crippen LogP contribution is 2.29.